The molecule has 7 heteroatoms. The largest absolute Gasteiger partial charge is 0.492 e. The molecule has 1 unspecified atom stereocenters. The van der Waals surface area contributed by atoms with Crippen LogP contribution < -0.4 is 15.4 Å². The maximum absolute atomic E-state index is 5.68. The summed E-state index contributed by atoms with van der Waals surface area (Å²) < 4.78 is 5.68. The topological polar surface area (TPSA) is 52.1 Å². The number of hydrogen-bond donors (Lipinski definition) is 2. The Labute approximate surface area is 175 Å². The molecule has 0 saturated carbocycles. The zero-order valence-corrected chi connectivity index (χ0v) is 18.6. The normalized spacial score (nSPS) is 17.3. The summed E-state index contributed by atoms with van der Waals surface area (Å²) in [5.41, 5.74) is 0. The number of halogens is 1. The molecule has 2 rings (SSSR count). The van der Waals surface area contributed by atoms with Crippen molar-refractivity contribution in [3.8, 4) is 5.75 Å². The highest BCUT2D eigenvalue weighted by molar-refractivity contribution is 14.0. The van der Waals surface area contributed by atoms with Crippen LogP contribution in [0.2, 0.25) is 0 Å². The molecule has 0 amide bonds. The lowest BCUT2D eigenvalue weighted by Gasteiger charge is -2.37. The molecule has 148 valence electrons. The Bertz CT molecular complexity index is 506. The first-order chi connectivity index (χ1) is 12.2. The van der Waals surface area contributed by atoms with Crippen LogP contribution >= 0.6 is 24.0 Å². The molecule has 1 aliphatic rings. The first-order valence-corrected chi connectivity index (χ1v) is 9.31. The minimum atomic E-state index is 0. The van der Waals surface area contributed by atoms with Gasteiger partial charge in [0.05, 0.1) is 6.54 Å². The van der Waals surface area contributed by atoms with E-state index >= 15 is 0 Å². The van der Waals surface area contributed by atoms with Crippen molar-refractivity contribution in [1.82, 2.24) is 20.4 Å². The van der Waals surface area contributed by atoms with E-state index in [1.54, 1.807) is 7.05 Å². The summed E-state index contributed by atoms with van der Waals surface area (Å²) in [4.78, 5) is 9.34. The van der Waals surface area contributed by atoms with E-state index in [2.05, 4.69) is 39.3 Å². The van der Waals surface area contributed by atoms with Gasteiger partial charge in [-0.1, -0.05) is 25.1 Å². The molecule has 1 aliphatic heterocycles. The number of hydrogen-bond acceptors (Lipinski definition) is 4. The molecule has 6 nitrogen and oxygen atoms in total. The van der Waals surface area contributed by atoms with Gasteiger partial charge in [0.25, 0.3) is 0 Å². The number of nitrogens with one attached hydrogen (secondary N) is 2. The third-order valence-corrected chi connectivity index (χ3v) is 4.67. The molecular formula is C19H34IN5O. The summed E-state index contributed by atoms with van der Waals surface area (Å²) in [5, 5.41) is 6.72. The number of rotatable bonds is 8. The first-order valence-electron chi connectivity index (χ1n) is 9.31. The lowest BCUT2D eigenvalue weighted by Crippen LogP contribution is -2.53. The van der Waals surface area contributed by atoms with Crippen LogP contribution in [0, 0.1) is 0 Å². The summed E-state index contributed by atoms with van der Waals surface area (Å²) in [5.74, 6) is 1.72. The Balaban J connectivity index is 0.00000338. The van der Waals surface area contributed by atoms with Crippen molar-refractivity contribution in [3.05, 3.63) is 30.3 Å². The Morgan fingerprint density at radius 3 is 2.46 bits per heavy atom. The van der Waals surface area contributed by atoms with Crippen LogP contribution in [-0.2, 0) is 0 Å². The van der Waals surface area contributed by atoms with Crippen LogP contribution in [0.15, 0.2) is 35.3 Å². The first kappa shape index (κ1) is 23.0. The molecule has 0 radical (unpaired) electrons. The van der Waals surface area contributed by atoms with Crippen molar-refractivity contribution in [3.63, 3.8) is 0 Å². The van der Waals surface area contributed by atoms with E-state index in [1.807, 2.05) is 30.3 Å². The molecule has 0 spiro atoms. The van der Waals surface area contributed by atoms with Crippen molar-refractivity contribution in [2.75, 3.05) is 59.5 Å². The van der Waals surface area contributed by atoms with E-state index < -0.39 is 0 Å². The van der Waals surface area contributed by atoms with E-state index in [0.717, 1.165) is 44.4 Å². The van der Waals surface area contributed by atoms with Gasteiger partial charge in [0.2, 0.25) is 0 Å². The minimum Gasteiger partial charge on any atom is -0.492 e. The minimum absolute atomic E-state index is 0. The van der Waals surface area contributed by atoms with E-state index in [-0.39, 0.29) is 24.0 Å². The van der Waals surface area contributed by atoms with E-state index in [1.165, 1.54) is 13.1 Å². The number of likely N-dealkylation sites (N-methyl/N-ethyl adjacent to an activating group) is 1. The second-order valence-electron chi connectivity index (χ2n) is 6.36. The van der Waals surface area contributed by atoms with E-state index in [4.69, 9.17) is 4.74 Å². The average molecular weight is 475 g/mol. The molecule has 1 aromatic carbocycles. The highest BCUT2D eigenvalue weighted by atomic mass is 127. The molecule has 2 N–H and O–H groups in total. The molecule has 26 heavy (non-hydrogen) atoms. The summed E-state index contributed by atoms with van der Waals surface area (Å²) in [7, 11) is 1.80. The lowest BCUT2D eigenvalue weighted by atomic mass is 10.2. The van der Waals surface area contributed by atoms with Gasteiger partial charge in [0.15, 0.2) is 5.96 Å². The van der Waals surface area contributed by atoms with Gasteiger partial charge < -0.3 is 20.3 Å². The Morgan fingerprint density at radius 2 is 1.85 bits per heavy atom. The number of ether oxygens (including phenoxy) is 1. The van der Waals surface area contributed by atoms with Crippen LogP contribution in [-0.4, -0.2) is 81.3 Å². The van der Waals surface area contributed by atoms with Crippen LogP contribution in [0.4, 0.5) is 0 Å². The third kappa shape index (κ3) is 8.09. The molecule has 1 atom stereocenters. The fourth-order valence-corrected chi connectivity index (χ4v) is 2.97. The second-order valence-corrected chi connectivity index (χ2v) is 6.36. The number of guanidine groups is 1. The standard InChI is InChI=1S/C19H33N5O.HI/c1-4-23-11-13-24(14-12-23)17(2)16-22-19(20-3)21-10-15-25-18-8-6-5-7-9-18;/h5-9,17H,4,10-16H2,1-3H3,(H2,20,21,22);1H. The highest BCUT2D eigenvalue weighted by Gasteiger charge is 2.20. The number of nitrogens with zero attached hydrogens (tertiary/aromatic N) is 3. The van der Waals surface area contributed by atoms with Gasteiger partial charge in [-0.3, -0.25) is 9.89 Å². The molecule has 0 bridgehead atoms. The predicted octanol–water partition coefficient (Wildman–Crippen LogP) is 1.87. The van der Waals surface area contributed by atoms with Gasteiger partial charge >= 0.3 is 0 Å². The smallest absolute Gasteiger partial charge is 0.191 e. The maximum Gasteiger partial charge on any atom is 0.191 e. The fourth-order valence-electron chi connectivity index (χ4n) is 2.97. The van der Waals surface area contributed by atoms with Crippen LogP contribution in [0.25, 0.3) is 0 Å². The number of para-hydroxylation sites is 1. The molecule has 1 fully saturated rings. The van der Waals surface area contributed by atoms with Crippen molar-refractivity contribution in [1.29, 1.82) is 0 Å². The van der Waals surface area contributed by atoms with Gasteiger partial charge in [0.1, 0.15) is 12.4 Å². The second kappa shape index (κ2) is 13.2. The van der Waals surface area contributed by atoms with Gasteiger partial charge in [-0.25, -0.2) is 0 Å². The fraction of sp³-hybridized carbons (Fsp3) is 0.632. The zero-order valence-electron chi connectivity index (χ0n) is 16.3. The highest BCUT2D eigenvalue weighted by Crippen LogP contribution is 2.07. The van der Waals surface area contributed by atoms with E-state index in [9.17, 15) is 0 Å². The number of piperazine rings is 1. The van der Waals surface area contributed by atoms with Crippen molar-refractivity contribution >= 4 is 29.9 Å². The maximum atomic E-state index is 5.68. The summed E-state index contributed by atoms with van der Waals surface area (Å²) in [6.45, 7) is 12.5. The molecule has 0 aliphatic carbocycles. The van der Waals surface area contributed by atoms with Gasteiger partial charge in [-0.2, -0.15) is 0 Å². The number of benzene rings is 1. The predicted molar refractivity (Wildman–Crippen MR) is 120 cm³/mol. The molecule has 1 aromatic rings. The average Bonchev–Trinajstić information content (AvgIpc) is 2.68. The van der Waals surface area contributed by atoms with Gasteiger partial charge in [0, 0.05) is 45.8 Å². The van der Waals surface area contributed by atoms with Crippen LogP contribution in [0.5, 0.6) is 5.75 Å². The van der Waals surface area contributed by atoms with Gasteiger partial charge in [-0.05, 0) is 25.6 Å². The van der Waals surface area contributed by atoms with Crippen molar-refractivity contribution in [2.45, 2.75) is 19.9 Å². The SMILES string of the molecule is CCN1CCN(C(C)CNC(=NC)NCCOc2ccccc2)CC1.I. The summed E-state index contributed by atoms with van der Waals surface area (Å²) in [6.07, 6.45) is 0. The van der Waals surface area contributed by atoms with Crippen LogP contribution in [0.1, 0.15) is 13.8 Å². The Hall–Kier alpha value is -1.06. The molecular weight excluding hydrogens is 441 g/mol. The third-order valence-electron chi connectivity index (χ3n) is 4.67. The van der Waals surface area contributed by atoms with Gasteiger partial charge in [-0.15, -0.1) is 24.0 Å². The quantitative estimate of drug-likeness (QED) is 0.260. The molecule has 0 aromatic heterocycles. The van der Waals surface area contributed by atoms with Crippen molar-refractivity contribution < 1.29 is 4.74 Å². The Morgan fingerprint density at radius 1 is 1.15 bits per heavy atom. The zero-order chi connectivity index (χ0) is 17.9. The molecule has 1 saturated heterocycles. The lowest BCUT2D eigenvalue weighted by molar-refractivity contribution is 0.107. The van der Waals surface area contributed by atoms with Crippen molar-refractivity contribution in [2.24, 2.45) is 4.99 Å². The van der Waals surface area contributed by atoms with E-state index in [0.29, 0.717) is 12.6 Å². The Kier molecular flexibility index (Phi) is 11.6. The number of aliphatic imine (C=N–C) groups is 1. The van der Waals surface area contributed by atoms with Crippen LogP contribution in [0.3, 0.4) is 0 Å². The summed E-state index contributed by atoms with van der Waals surface area (Å²) in [6, 6.07) is 10.4. The summed E-state index contributed by atoms with van der Waals surface area (Å²) >= 11 is 0. The molecule has 1 heterocycles. The monoisotopic (exact) mass is 475 g/mol.